The first-order valence-corrected chi connectivity index (χ1v) is 8.72. The van der Waals surface area contributed by atoms with E-state index in [9.17, 15) is 9.18 Å². The molecule has 22 heavy (non-hydrogen) atoms. The van der Waals surface area contributed by atoms with Crippen molar-refractivity contribution >= 4 is 72.7 Å². The summed E-state index contributed by atoms with van der Waals surface area (Å²) in [5.74, 6) is 0.225. The van der Waals surface area contributed by atoms with Gasteiger partial charge in [0.2, 0.25) is 11.2 Å². The predicted molar refractivity (Wildman–Crippen MR) is 94.5 cm³/mol. The molecule has 3 rings (SSSR count). The van der Waals surface area contributed by atoms with Gasteiger partial charge in [-0.15, -0.1) is 0 Å². The topological polar surface area (TPSA) is 66.9 Å². The zero-order valence-electron chi connectivity index (χ0n) is 11.1. The van der Waals surface area contributed by atoms with Gasteiger partial charge in [0.1, 0.15) is 11.3 Å². The molecule has 1 aromatic carbocycles. The number of benzene rings is 1. The zero-order chi connectivity index (χ0) is 15.9. The van der Waals surface area contributed by atoms with Crippen molar-refractivity contribution in [1.29, 1.82) is 0 Å². The fourth-order valence-electron chi connectivity index (χ4n) is 2.33. The highest BCUT2D eigenvalue weighted by molar-refractivity contribution is 14.1. The summed E-state index contributed by atoms with van der Waals surface area (Å²) >= 11 is 11.1. The van der Waals surface area contributed by atoms with Gasteiger partial charge in [-0.05, 0) is 56.2 Å². The van der Waals surface area contributed by atoms with Gasteiger partial charge in [0.15, 0.2) is 5.82 Å². The summed E-state index contributed by atoms with van der Waals surface area (Å²) in [7, 11) is 0. The summed E-state index contributed by atoms with van der Waals surface area (Å²) in [6, 6.07) is 1.79. The molecule has 1 aliphatic rings. The van der Waals surface area contributed by atoms with Crippen molar-refractivity contribution in [3.8, 4) is 0 Å². The third-order valence-corrected chi connectivity index (χ3v) is 5.96. The average Bonchev–Trinajstić information content (AvgIpc) is 2.89. The van der Waals surface area contributed by atoms with Gasteiger partial charge < -0.3 is 10.6 Å². The maximum atomic E-state index is 14.3. The van der Waals surface area contributed by atoms with Crippen molar-refractivity contribution in [2.75, 3.05) is 18.4 Å². The highest BCUT2D eigenvalue weighted by atomic mass is 127. The fraction of sp³-hybridized carbons (Fsp3) is 0.308. The van der Waals surface area contributed by atoms with E-state index in [1.165, 1.54) is 0 Å². The van der Waals surface area contributed by atoms with Gasteiger partial charge in [-0.1, -0.05) is 0 Å². The van der Waals surface area contributed by atoms with Gasteiger partial charge in [0, 0.05) is 34.4 Å². The number of aromatic nitrogens is 2. The molecule has 1 aliphatic heterocycles. The molecule has 0 spiro atoms. The van der Waals surface area contributed by atoms with E-state index in [-0.39, 0.29) is 22.6 Å². The minimum Gasteiger partial charge on any atom is -0.369 e. The Morgan fingerprint density at radius 3 is 3.00 bits per heavy atom. The van der Waals surface area contributed by atoms with Crippen molar-refractivity contribution < 1.29 is 9.18 Å². The van der Waals surface area contributed by atoms with Crippen LogP contribution in [0.1, 0.15) is 6.42 Å². The van der Waals surface area contributed by atoms with Gasteiger partial charge in [-0.2, -0.15) is 0 Å². The third-order valence-electron chi connectivity index (χ3n) is 3.42. The second-order valence-electron chi connectivity index (χ2n) is 4.98. The summed E-state index contributed by atoms with van der Waals surface area (Å²) < 4.78 is 15.4. The van der Waals surface area contributed by atoms with Crippen LogP contribution in [-0.2, 0) is 4.79 Å². The molecule has 1 fully saturated rings. The van der Waals surface area contributed by atoms with Crippen LogP contribution in [0.3, 0.4) is 0 Å². The molecule has 1 atom stereocenters. The van der Waals surface area contributed by atoms with E-state index in [2.05, 4.69) is 36.5 Å². The van der Waals surface area contributed by atoms with Gasteiger partial charge in [0.05, 0.1) is 4.47 Å². The van der Waals surface area contributed by atoms with E-state index in [1.54, 1.807) is 6.07 Å². The number of anilines is 1. The summed E-state index contributed by atoms with van der Waals surface area (Å²) in [6.07, 6.45) is 0.473. The second kappa shape index (κ2) is 6.40. The van der Waals surface area contributed by atoms with Crippen LogP contribution in [0.2, 0.25) is 5.28 Å². The lowest BCUT2D eigenvalue weighted by atomic mass is 10.1. The Balaban J connectivity index is 1.96. The van der Waals surface area contributed by atoms with Gasteiger partial charge >= 0.3 is 0 Å². The molecular formula is C13H10BrClFIN4O. The zero-order valence-corrected chi connectivity index (χ0v) is 15.6. The van der Waals surface area contributed by atoms with E-state index in [4.69, 9.17) is 11.6 Å². The number of hydrogen-bond donors (Lipinski definition) is 2. The number of rotatable bonds is 3. The monoisotopic (exact) mass is 498 g/mol. The highest BCUT2D eigenvalue weighted by Crippen LogP contribution is 2.32. The van der Waals surface area contributed by atoms with Crippen LogP contribution in [0.25, 0.3) is 10.9 Å². The Labute approximate surface area is 152 Å². The SMILES string of the molecule is O=C1CC(CNc2nc(Cl)nc3c(F)c(Br)c(I)cc23)CN1. The Bertz CT molecular complexity index is 776. The molecule has 9 heteroatoms. The number of fused-ring (bicyclic) bond motifs is 1. The summed E-state index contributed by atoms with van der Waals surface area (Å²) in [5, 5.41) is 6.46. The molecule has 1 aromatic heterocycles. The largest absolute Gasteiger partial charge is 0.369 e. The Morgan fingerprint density at radius 2 is 2.32 bits per heavy atom. The molecule has 116 valence electrons. The van der Waals surface area contributed by atoms with E-state index in [0.29, 0.717) is 38.8 Å². The minimum atomic E-state index is -0.466. The number of carbonyl (C=O) groups excluding carboxylic acids is 1. The lowest BCUT2D eigenvalue weighted by Crippen LogP contribution is -2.18. The Morgan fingerprint density at radius 1 is 1.55 bits per heavy atom. The molecule has 1 saturated heterocycles. The second-order valence-corrected chi connectivity index (χ2v) is 7.27. The van der Waals surface area contributed by atoms with E-state index in [0.717, 1.165) is 0 Å². The van der Waals surface area contributed by atoms with Gasteiger partial charge in [-0.25, -0.2) is 14.4 Å². The minimum absolute atomic E-state index is 0.0253. The maximum Gasteiger partial charge on any atom is 0.225 e. The van der Waals surface area contributed by atoms with Crippen molar-refractivity contribution in [3.63, 3.8) is 0 Å². The van der Waals surface area contributed by atoms with E-state index in [1.807, 2.05) is 22.6 Å². The smallest absolute Gasteiger partial charge is 0.225 e. The normalized spacial score (nSPS) is 17.8. The molecule has 1 amide bonds. The Kier molecular flexibility index (Phi) is 4.69. The molecule has 0 radical (unpaired) electrons. The Hall–Kier alpha value is -0.740. The molecule has 2 N–H and O–H groups in total. The van der Waals surface area contributed by atoms with Crippen LogP contribution in [-0.4, -0.2) is 29.0 Å². The summed E-state index contributed by atoms with van der Waals surface area (Å²) in [5.41, 5.74) is 0.162. The third kappa shape index (κ3) is 3.13. The van der Waals surface area contributed by atoms with Crippen molar-refractivity contribution in [3.05, 3.63) is 25.2 Å². The number of carbonyl (C=O) groups is 1. The summed E-state index contributed by atoms with van der Waals surface area (Å²) in [4.78, 5) is 19.3. The standard InChI is InChI=1S/C13H10BrClFIN4O/c14-9-7(17)2-6-11(10(9)16)20-13(15)21-12(6)19-4-5-1-8(22)18-3-5/h2,5H,1,3-4H2,(H,18,22)(H,19,20,21). The predicted octanol–water partition coefficient (Wildman–Crippen LogP) is 3.34. The molecule has 2 heterocycles. The van der Waals surface area contributed by atoms with Crippen LogP contribution in [0.15, 0.2) is 10.5 Å². The van der Waals surface area contributed by atoms with Gasteiger partial charge in [-0.3, -0.25) is 4.79 Å². The molecule has 5 nitrogen and oxygen atoms in total. The van der Waals surface area contributed by atoms with Crippen LogP contribution >= 0.6 is 50.1 Å². The fourth-order valence-corrected chi connectivity index (χ4v) is 3.35. The van der Waals surface area contributed by atoms with Crippen LogP contribution in [0, 0.1) is 15.3 Å². The molecule has 0 aliphatic carbocycles. The average molecular weight is 500 g/mol. The van der Waals surface area contributed by atoms with E-state index < -0.39 is 5.82 Å². The molecular weight excluding hydrogens is 489 g/mol. The molecule has 2 aromatic rings. The van der Waals surface area contributed by atoms with Crippen molar-refractivity contribution in [2.45, 2.75) is 6.42 Å². The van der Waals surface area contributed by atoms with E-state index >= 15 is 0 Å². The first-order chi connectivity index (χ1) is 10.5. The molecule has 0 saturated carbocycles. The molecule has 1 unspecified atom stereocenters. The van der Waals surface area contributed by atoms with Crippen LogP contribution < -0.4 is 10.6 Å². The van der Waals surface area contributed by atoms with Crippen molar-refractivity contribution in [2.24, 2.45) is 5.92 Å². The summed E-state index contributed by atoms with van der Waals surface area (Å²) in [6.45, 7) is 1.18. The number of hydrogen-bond acceptors (Lipinski definition) is 4. The number of amides is 1. The quantitative estimate of drug-likeness (QED) is 0.386. The van der Waals surface area contributed by atoms with Crippen LogP contribution in [0.4, 0.5) is 10.2 Å². The number of halogens is 4. The molecule has 0 bridgehead atoms. The maximum absolute atomic E-state index is 14.3. The van der Waals surface area contributed by atoms with Crippen molar-refractivity contribution in [1.82, 2.24) is 15.3 Å². The van der Waals surface area contributed by atoms with Crippen LogP contribution in [0.5, 0.6) is 0 Å². The lowest BCUT2D eigenvalue weighted by molar-refractivity contribution is -0.119. The number of nitrogens with one attached hydrogen (secondary N) is 2. The number of nitrogens with zero attached hydrogens (tertiary/aromatic N) is 2. The lowest BCUT2D eigenvalue weighted by Gasteiger charge is -2.13. The highest BCUT2D eigenvalue weighted by Gasteiger charge is 2.22. The first kappa shape index (κ1) is 16.1. The van der Waals surface area contributed by atoms with Gasteiger partial charge in [0.25, 0.3) is 0 Å². The first-order valence-electron chi connectivity index (χ1n) is 6.47.